The van der Waals surface area contributed by atoms with E-state index in [2.05, 4.69) is 54.5 Å². The monoisotopic (exact) mass is 470 g/mol. The van der Waals surface area contributed by atoms with Crippen molar-refractivity contribution in [1.82, 2.24) is 0 Å². The number of fused-ring (bicyclic) bond motifs is 7. The van der Waals surface area contributed by atoms with E-state index in [4.69, 9.17) is 4.74 Å². The Bertz CT molecular complexity index is 900. The number of rotatable bonds is 1. The fourth-order valence-electron chi connectivity index (χ4n) is 10.9. The summed E-state index contributed by atoms with van der Waals surface area (Å²) in [6, 6.07) is 0. The van der Waals surface area contributed by atoms with E-state index in [0.717, 1.165) is 51.4 Å². The van der Waals surface area contributed by atoms with Crippen molar-refractivity contribution in [2.24, 2.45) is 50.2 Å². The Kier molecular flexibility index (Phi) is 5.38. The maximum atomic E-state index is 13.4. The van der Waals surface area contributed by atoms with E-state index >= 15 is 0 Å². The molecular weight excluding hydrogens is 420 g/mol. The van der Waals surface area contributed by atoms with Crippen molar-refractivity contribution >= 4 is 5.97 Å². The smallest absolute Gasteiger partial charge is 0.312 e. The minimum Gasteiger partial charge on any atom is -0.469 e. The maximum absolute atomic E-state index is 13.4. The van der Waals surface area contributed by atoms with E-state index in [1.807, 2.05) is 0 Å². The summed E-state index contributed by atoms with van der Waals surface area (Å²) >= 11 is 0. The third-order valence-electron chi connectivity index (χ3n) is 13.1. The number of aliphatic hydroxyl groups is 1. The summed E-state index contributed by atoms with van der Waals surface area (Å²) in [5, 5.41) is 10.9. The van der Waals surface area contributed by atoms with Gasteiger partial charge in [0, 0.05) is 5.41 Å². The number of aliphatic hydroxyl groups excluding tert-OH is 1. The van der Waals surface area contributed by atoms with Gasteiger partial charge in [-0.2, -0.15) is 0 Å². The van der Waals surface area contributed by atoms with E-state index in [-0.39, 0.29) is 39.1 Å². The summed E-state index contributed by atoms with van der Waals surface area (Å²) in [6.07, 6.45) is 13.4. The highest BCUT2D eigenvalue weighted by molar-refractivity contribution is 5.77. The molecule has 0 aromatic carbocycles. The number of ether oxygens (including phenoxy) is 1. The van der Waals surface area contributed by atoms with Crippen LogP contribution in [0.2, 0.25) is 0 Å². The van der Waals surface area contributed by atoms with Gasteiger partial charge in [0.05, 0.1) is 18.6 Å². The van der Waals surface area contributed by atoms with Gasteiger partial charge in [-0.15, -0.1) is 0 Å². The molecule has 3 nitrogen and oxygen atoms in total. The highest BCUT2D eigenvalue weighted by Gasteiger charge is 2.69. The van der Waals surface area contributed by atoms with Crippen molar-refractivity contribution in [3.63, 3.8) is 0 Å². The highest BCUT2D eigenvalue weighted by atomic mass is 16.5. The van der Waals surface area contributed by atoms with Crippen LogP contribution in [0.15, 0.2) is 11.6 Å². The molecule has 5 aliphatic rings. The van der Waals surface area contributed by atoms with Crippen molar-refractivity contribution < 1.29 is 14.6 Å². The van der Waals surface area contributed by atoms with Gasteiger partial charge in [-0.25, -0.2) is 0 Å². The van der Waals surface area contributed by atoms with Crippen LogP contribution in [0.3, 0.4) is 0 Å². The lowest BCUT2D eigenvalue weighted by atomic mass is 9.33. The Morgan fingerprint density at radius 1 is 0.882 bits per heavy atom. The van der Waals surface area contributed by atoms with Crippen LogP contribution in [-0.2, 0) is 9.53 Å². The Labute approximate surface area is 208 Å². The molecule has 0 spiro atoms. The fourth-order valence-corrected chi connectivity index (χ4v) is 10.9. The normalized spacial score (nSPS) is 51.1. The number of hydrogen-bond acceptors (Lipinski definition) is 3. The topological polar surface area (TPSA) is 46.5 Å². The Hall–Kier alpha value is -0.830. The molecule has 4 fully saturated rings. The lowest BCUT2D eigenvalue weighted by molar-refractivity contribution is -0.218. The van der Waals surface area contributed by atoms with E-state index in [0.29, 0.717) is 23.2 Å². The molecule has 0 aromatic heterocycles. The molecule has 0 heterocycles. The Morgan fingerprint density at radius 2 is 1.56 bits per heavy atom. The van der Waals surface area contributed by atoms with Gasteiger partial charge < -0.3 is 9.84 Å². The summed E-state index contributed by atoms with van der Waals surface area (Å²) in [4.78, 5) is 13.4. The SMILES string of the molecule is COC(=O)C12CCC(C)(C)CC1C1CCC3C4(C)CCC(O)C(C)(C)C4=CCC3(C)C1(C)CC2. The van der Waals surface area contributed by atoms with Crippen LogP contribution in [0, 0.1) is 50.2 Å². The molecule has 0 saturated heterocycles. The second-order valence-corrected chi connectivity index (χ2v) is 15.2. The van der Waals surface area contributed by atoms with Crippen LogP contribution >= 0.6 is 0 Å². The van der Waals surface area contributed by atoms with E-state index < -0.39 is 0 Å². The van der Waals surface area contributed by atoms with Gasteiger partial charge >= 0.3 is 5.97 Å². The third kappa shape index (κ3) is 2.94. The summed E-state index contributed by atoms with van der Waals surface area (Å²) in [6.45, 7) is 17.1. The number of carbonyl (C=O) groups is 1. The van der Waals surface area contributed by atoms with Crippen LogP contribution < -0.4 is 0 Å². The first-order chi connectivity index (χ1) is 15.7. The van der Waals surface area contributed by atoms with Gasteiger partial charge in [0.15, 0.2) is 0 Å². The lowest BCUT2D eigenvalue weighted by Gasteiger charge is -2.71. The second-order valence-electron chi connectivity index (χ2n) is 15.2. The van der Waals surface area contributed by atoms with Gasteiger partial charge in [0.2, 0.25) is 0 Å². The van der Waals surface area contributed by atoms with Crippen LogP contribution in [0.5, 0.6) is 0 Å². The van der Waals surface area contributed by atoms with Crippen molar-refractivity contribution in [1.29, 1.82) is 0 Å². The predicted molar refractivity (Wildman–Crippen MR) is 137 cm³/mol. The standard InChI is InChI=1S/C31H50O3/c1-26(2)15-17-31(25(33)34-8)18-16-29(6)20(21(31)19-26)9-10-23-28(5)13-12-24(32)27(3,4)22(28)11-14-30(23,29)7/h11,20-21,23-24,32H,9-10,12-19H2,1-8H3. The Morgan fingerprint density at radius 3 is 2.24 bits per heavy atom. The first kappa shape index (κ1) is 24.8. The number of carbonyl (C=O) groups excluding carboxylic acids is 1. The predicted octanol–water partition coefficient (Wildman–Crippen LogP) is 7.32. The number of hydrogen-bond donors (Lipinski definition) is 1. The average molecular weight is 471 g/mol. The molecule has 34 heavy (non-hydrogen) atoms. The molecule has 0 amide bonds. The molecule has 0 aromatic rings. The first-order valence-electron chi connectivity index (χ1n) is 14.2. The molecule has 0 bridgehead atoms. The molecule has 5 aliphatic carbocycles. The summed E-state index contributed by atoms with van der Waals surface area (Å²) < 4.78 is 5.51. The zero-order chi connectivity index (χ0) is 24.9. The van der Waals surface area contributed by atoms with Crippen molar-refractivity contribution in [3.05, 3.63) is 11.6 Å². The first-order valence-corrected chi connectivity index (χ1v) is 14.2. The van der Waals surface area contributed by atoms with E-state index in [9.17, 15) is 9.90 Å². The summed E-state index contributed by atoms with van der Waals surface area (Å²) in [5.41, 5.74) is 2.06. The molecule has 0 aliphatic heterocycles. The maximum Gasteiger partial charge on any atom is 0.312 e. The zero-order valence-electron chi connectivity index (χ0n) is 23.2. The minimum absolute atomic E-state index is 0.0723. The van der Waals surface area contributed by atoms with Gasteiger partial charge in [-0.05, 0) is 104 Å². The summed E-state index contributed by atoms with van der Waals surface area (Å²) in [7, 11) is 1.60. The second kappa shape index (κ2) is 7.36. The average Bonchev–Trinajstić information content (AvgIpc) is 2.76. The van der Waals surface area contributed by atoms with Crippen molar-refractivity contribution in [2.45, 2.75) is 119 Å². The molecule has 5 rings (SSSR count). The zero-order valence-corrected chi connectivity index (χ0v) is 23.2. The van der Waals surface area contributed by atoms with Gasteiger partial charge in [0.1, 0.15) is 0 Å². The fraction of sp³-hybridized carbons (Fsp3) is 0.903. The van der Waals surface area contributed by atoms with E-state index in [1.54, 1.807) is 7.11 Å². The quantitative estimate of drug-likeness (QED) is 0.322. The van der Waals surface area contributed by atoms with Gasteiger partial charge in [-0.3, -0.25) is 4.79 Å². The number of allylic oxidation sites excluding steroid dienone is 1. The minimum atomic E-state index is -0.270. The molecule has 0 radical (unpaired) electrons. The van der Waals surface area contributed by atoms with E-state index in [1.165, 1.54) is 18.4 Å². The van der Waals surface area contributed by atoms with Gasteiger partial charge in [0.25, 0.3) is 0 Å². The third-order valence-corrected chi connectivity index (χ3v) is 13.1. The van der Waals surface area contributed by atoms with Crippen LogP contribution in [-0.4, -0.2) is 24.3 Å². The lowest BCUT2D eigenvalue weighted by Crippen LogP contribution is -2.65. The van der Waals surface area contributed by atoms with Crippen LogP contribution in [0.25, 0.3) is 0 Å². The van der Waals surface area contributed by atoms with Crippen LogP contribution in [0.1, 0.15) is 113 Å². The largest absolute Gasteiger partial charge is 0.469 e. The molecule has 192 valence electrons. The van der Waals surface area contributed by atoms with Crippen molar-refractivity contribution in [2.75, 3.05) is 7.11 Å². The number of esters is 1. The van der Waals surface area contributed by atoms with Crippen LogP contribution in [0.4, 0.5) is 0 Å². The van der Waals surface area contributed by atoms with Gasteiger partial charge in [-0.1, -0.05) is 60.1 Å². The highest BCUT2D eigenvalue weighted by Crippen LogP contribution is 2.76. The Balaban J connectivity index is 1.58. The molecule has 3 heteroatoms. The molecule has 8 unspecified atom stereocenters. The molecular formula is C31H50O3. The summed E-state index contributed by atoms with van der Waals surface area (Å²) in [5.74, 6) is 1.74. The molecule has 4 saturated carbocycles. The van der Waals surface area contributed by atoms with Crippen molar-refractivity contribution in [3.8, 4) is 0 Å². The molecule has 1 N–H and O–H groups in total. The molecule has 8 atom stereocenters. The number of methoxy groups -OCH3 is 1.